The van der Waals surface area contributed by atoms with Crippen molar-refractivity contribution in [2.24, 2.45) is 9.98 Å². The molecule has 1 atom stereocenters. The van der Waals surface area contributed by atoms with Crippen molar-refractivity contribution >= 4 is 66.1 Å². The number of furan rings is 1. The second kappa shape index (κ2) is 15.9. The third-order valence-electron chi connectivity index (χ3n) is 13.1. The summed E-state index contributed by atoms with van der Waals surface area (Å²) in [4.78, 5) is 15.7. The van der Waals surface area contributed by atoms with Crippen LogP contribution >= 0.6 is 0 Å². The number of nitrogens with zero attached hydrogens (tertiary/aromatic N) is 3. The van der Waals surface area contributed by atoms with E-state index in [0.717, 1.165) is 110 Å². The predicted molar refractivity (Wildman–Crippen MR) is 278 cm³/mol. The number of fused-ring (bicyclic) bond motifs is 7. The normalized spacial score (nSPS) is 13.8. The van der Waals surface area contributed by atoms with Crippen molar-refractivity contribution in [3.8, 4) is 44.6 Å². The quantitative estimate of drug-likeness (QED) is 0.162. The Balaban J connectivity index is 0.936. The minimum Gasteiger partial charge on any atom is -0.456 e. The van der Waals surface area contributed by atoms with Crippen LogP contribution in [0.5, 0.6) is 0 Å². The highest BCUT2D eigenvalue weighted by Gasteiger charge is 2.25. The zero-order valence-corrected chi connectivity index (χ0v) is 36.3. The van der Waals surface area contributed by atoms with Gasteiger partial charge in [0, 0.05) is 49.2 Å². The lowest BCUT2D eigenvalue weighted by Crippen LogP contribution is -2.33. The molecule has 5 nitrogen and oxygen atoms in total. The molecule has 3 heterocycles. The molecule has 0 radical (unpaired) electrons. The third kappa shape index (κ3) is 6.67. The van der Waals surface area contributed by atoms with Crippen LogP contribution in [0.1, 0.15) is 22.9 Å². The molecule has 1 unspecified atom stereocenters. The molecule has 1 N–H and O–H groups in total. The number of hydrogen-bond acceptors (Lipinski definition) is 5. The topological polar surface area (TPSA) is 62.8 Å². The van der Waals surface area contributed by atoms with Gasteiger partial charge in [0.2, 0.25) is 0 Å². The summed E-state index contributed by atoms with van der Waals surface area (Å²) in [6, 6.07) is 81.1. The Hall–Kier alpha value is -8.93. The first-order valence-electron chi connectivity index (χ1n) is 22.7. The highest BCUT2D eigenvalue weighted by Crippen LogP contribution is 2.47. The molecular formula is C62H40N4O. The van der Waals surface area contributed by atoms with Gasteiger partial charge in [-0.05, 0) is 62.4 Å². The number of nitrogens with one attached hydrogen (secondary N) is 1. The van der Waals surface area contributed by atoms with E-state index in [-0.39, 0.29) is 6.17 Å². The Kier molecular flexibility index (Phi) is 9.17. The maximum absolute atomic E-state index is 6.66. The van der Waals surface area contributed by atoms with Crippen molar-refractivity contribution in [1.82, 2.24) is 10.3 Å². The van der Waals surface area contributed by atoms with Gasteiger partial charge in [-0.2, -0.15) is 0 Å². The molecule has 1 aliphatic heterocycles. The zero-order chi connectivity index (χ0) is 44.3. The predicted octanol–water partition coefficient (Wildman–Crippen LogP) is 15.6. The van der Waals surface area contributed by atoms with Gasteiger partial charge in [-0.1, -0.05) is 212 Å². The third-order valence-corrected chi connectivity index (χ3v) is 13.1. The maximum atomic E-state index is 6.66. The van der Waals surface area contributed by atoms with Crippen LogP contribution in [0.2, 0.25) is 0 Å². The molecule has 12 aromatic rings. The van der Waals surface area contributed by atoms with E-state index in [4.69, 9.17) is 19.4 Å². The van der Waals surface area contributed by atoms with Gasteiger partial charge in [0.1, 0.15) is 23.2 Å². The summed E-state index contributed by atoms with van der Waals surface area (Å²) in [6.07, 6.45) is -0.330. The molecule has 314 valence electrons. The molecule has 2 aromatic heterocycles. The van der Waals surface area contributed by atoms with E-state index in [2.05, 4.69) is 199 Å². The molecule has 0 amide bonds. The minimum absolute atomic E-state index is 0.330. The Morgan fingerprint density at radius 2 is 0.940 bits per heavy atom. The van der Waals surface area contributed by atoms with E-state index in [1.807, 2.05) is 36.4 Å². The molecular weight excluding hydrogens is 817 g/mol. The van der Waals surface area contributed by atoms with Crippen LogP contribution in [0, 0.1) is 0 Å². The molecule has 0 fully saturated rings. The highest BCUT2D eigenvalue weighted by molar-refractivity contribution is 6.28. The second-order valence-corrected chi connectivity index (χ2v) is 17.1. The fourth-order valence-corrected chi connectivity index (χ4v) is 9.96. The monoisotopic (exact) mass is 856 g/mol. The van der Waals surface area contributed by atoms with Crippen molar-refractivity contribution < 1.29 is 4.42 Å². The average Bonchev–Trinajstić information content (AvgIpc) is 3.79. The summed E-state index contributed by atoms with van der Waals surface area (Å²) in [5, 5.41) is 11.5. The Bertz CT molecular complexity index is 3910. The van der Waals surface area contributed by atoms with Crippen molar-refractivity contribution in [3.05, 3.63) is 247 Å². The number of rotatable bonds is 7. The summed E-state index contributed by atoms with van der Waals surface area (Å²) in [5.74, 6) is 1.48. The lowest BCUT2D eigenvalue weighted by atomic mass is 9.88. The number of aliphatic imine (C=N–C) groups is 2. The van der Waals surface area contributed by atoms with Gasteiger partial charge in [-0.3, -0.25) is 0 Å². The van der Waals surface area contributed by atoms with Crippen LogP contribution in [0.3, 0.4) is 0 Å². The van der Waals surface area contributed by atoms with Gasteiger partial charge in [0.05, 0.1) is 11.2 Å². The van der Waals surface area contributed by atoms with Gasteiger partial charge >= 0.3 is 0 Å². The summed E-state index contributed by atoms with van der Waals surface area (Å²) < 4.78 is 6.66. The van der Waals surface area contributed by atoms with Crippen LogP contribution in [-0.2, 0) is 0 Å². The van der Waals surface area contributed by atoms with Crippen LogP contribution < -0.4 is 5.32 Å². The molecule has 13 rings (SSSR count). The number of pyridine rings is 1. The lowest BCUT2D eigenvalue weighted by molar-refractivity contribution is 0.669. The van der Waals surface area contributed by atoms with Gasteiger partial charge in [0.25, 0.3) is 0 Å². The molecule has 0 saturated heterocycles. The van der Waals surface area contributed by atoms with Gasteiger partial charge in [-0.25, -0.2) is 15.0 Å². The first-order chi connectivity index (χ1) is 33.2. The van der Waals surface area contributed by atoms with E-state index in [1.54, 1.807) is 0 Å². The first-order valence-corrected chi connectivity index (χ1v) is 22.7. The van der Waals surface area contributed by atoms with E-state index >= 15 is 0 Å². The van der Waals surface area contributed by atoms with Gasteiger partial charge in [-0.15, -0.1) is 0 Å². The van der Waals surface area contributed by atoms with E-state index < -0.39 is 0 Å². The fourth-order valence-electron chi connectivity index (χ4n) is 9.96. The van der Waals surface area contributed by atoms with E-state index in [0.29, 0.717) is 5.84 Å². The zero-order valence-electron chi connectivity index (χ0n) is 36.3. The van der Waals surface area contributed by atoms with E-state index in [9.17, 15) is 0 Å². The van der Waals surface area contributed by atoms with Crippen molar-refractivity contribution in [2.45, 2.75) is 6.17 Å². The molecule has 0 spiro atoms. The maximum Gasteiger partial charge on any atom is 0.159 e. The minimum atomic E-state index is -0.330. The van der Waals surface area contributed by atoms with Crippen LogP contribution in [0.15, 0.2) is 245 Å². The SMILES string of the molecule is c1ccc(C2=NC(c3ccc(-c4ccccc4)cc3)NC(c3ccc(-c4ccc(-c5c6c(cc7c(-c8ccccc8)nc8ccccc8c57)oc5ccccc56)cc4)c4ccccc34)=N2)cc1. The summed E-state index contributed by atoms with van der Waals surface area (Å²) in [7, 11) is 0. The van der Waals surface area contributed by atoms with Crippen LogP contribution in [0.4, 0.5) is 0 Å². The van der Waals surface area contributed by atoms with Crippen molar-refractivity contribution in [1.29, 1.82) is 0 Å². The Labute approximate surface area is 387 Å². The first kappa shape index (κ1) is 38.5. The Morgan fingerprint density at radius 3 is 1.67 bits per heavy atom. The molecule has 1 aliphatic rings. The molecule has 5 heteroatoms. The summed E-state index contributed by atoms with van der Waals surface area (Å²) in [5.41, 5.74) is 14.6. The van der Waals surface area contributed by atoms with Crippen LogP contribution in [0.25, 0.3) is 99.0 Å². The molecule has 0 saturated carbocycles. The number of hydrogen-bond donors (Lipinski definition) is 1. The Morgan fingerprint density at radius 1 is 0.388 bits per heavy atom. The summed E-state index contributed by atoms with van der Waals surface area (Å²) >= 11 is 0. The standard InChI is InChI=1S/C62H40N4O/c1-4-16-39(17-5-1)40-28-34-45(35-29-40)61-64-60(44-20-8-3-9-21-44)65-62(66-61)49-37-36-46(47-22-10-11-23-48(47)49)41-30-32-42(33-31-41)56-57-50-24-12-14-26-53(50)63-59(43-18-6-2-7-19-43)52(57)38-55-58(56)51-25-13-15-27-54(51)67-55/h1-38,61H,(H,64,65,66). The average molecular weight is 857 g/mol. The number of benzene rings is 10. The second-order valence-electron chi connectivity index (χ2n) is 17.1. The molecule has 67 heavy (non-hydrogen) atoms. The van der Waals surface area contributed by atoms with Gasteiger partial charge in [0.15, 0.2) is 5.84 Å². The number of aromatic nitrogens is 1. The van der Waals surface area contributed by atoms with Crippen LogP contribution in [-0.4, -0.2) is 16.7 Å². The highest BCUT2D eigenvalue weighted by atomic mass is 16.3. The number of amidine groups is 2. The molecule has 0 aliphatic carbocycles. The van der Waals surface area contributed by atoms with E-state index in [1.165, 1.54) is 11.1 Å². The smallest absolute Gasteiger partial charge is 0.159 e. The number of para-hydroxylation sites is 2. The van der Waals surface area contributed by atoms with Crippen molar-refractivity contribution in [3.63, 3.8) is 0 Å². The molecule has 0 bridgehead atoms. The fraction of sp³-hybridized carbons (Fsp3) is 0.0161. The summed E-state index contributed by atoms with van der Waals surface area (Å²) in [6.45, 7) is 0. The lowest BCUT2D eigenvalue weighted by Gasteiger charge is -2.25. The largest absolute Gasteiger partial charge is 0.456 e. The van der Waals surface area contributed by atoms with Crippen molar-refractivity contribution in [2.75, 3.05) is 0 Å². The van der Waals surface area contributed by atoms with Gasteiger partial charge < -0.3 is 9.73 Å². The molecule has 10 aromatic carbocycles.